The maximum atomic E-state index is 12.5. The van der Waals surface area contributed by atoms with Gasteiger partial charge < -0.3 is 19.7 Å². The van der Waals surface area contributed by atoms with E-state index in [1.54, 1.807) is 0 Å². The van der Waals surface area contributed by atoms with Gasteiger partial charge in [0.15, 0.2) is 0 Å². The van der Waals surface area contributed by atoms with E-state index in [1.165, 1.54) is 0 Å². The number of rotatable bonds is 3. The van der Waals surface area contributed by atoms with E-state index in [1.807, 2.05) is 18.7 Å². The fourth-order valence-electron chi connectivity index (χ4n) is 3.38. The molecule has 0 aromatic heterocycles. The number of urea groups is 1. The number of ether oxygens (including phenoxy) is 2. The van der Waals surface area contributed by atoms with Crippen LogP contribution in [-0.2, 0) is 9.47 Å². The summed E-state index contributed by atoms with van der Waals surface area (Å²) in [5, 5.41) is 3.11. The monoisotopic (exact) mass is 327 g/mol. The summed E-state index contributed by atoms with van der Waals surface area (Å²) in [5.41, 5.74) is -0.357. The van der Waals surface area contributed by atoms with Crippen LogP contribution in [0.2, 0.25) is 0 Å². The smallest absolute Gasteiger partial charge is 0.317 e. The lowest BCUT2D eigenvalue weighted by Gasteiger charge is -2.45. The van der Waals surface area contributed by atoms with Crippen LogP contribution >= 0.6 is 0 Å². The summed E-state index contributed by atoms with van der Waals surface area (Å²) in [6.07, 6.45) is 0.461. The highest BCUT2D eigenvalue weighted by Crippen LogP contribution is 2.21. The lowest BCUT2D eigenvalue weighted by molar-refractivity contribution is -0.0954. The first-order chi connectivity index (χ1) is 10.6. The number of carbonyl (C=O) groups excluding carboxylic acids is 1. The van der Waals surface area contributed by atoms with Crippen molar-refractivity contribution in [1.29, 1.82) is 0 Å². The van der Waals surface area contributed by atoms with Crippen molar-refractivity contribution in [2.45, 2.75) is 64.9 Å². The van der Waals surface area contributed by atoms with Crippen molar-refractivity contribution < 1.29 is 14.3 Å². The fourth-order valence-corrected chi connectivity index (χ4v) is 3.38. The van der Waals surface area contributed by atoms with Crippen molar-refractivity contribution in [1.82, 2.24) is 15.1 Å². The second kappa shape index (κ2) is 6.95. The predicted octanol–water partition coefficient (Wildman–Crippen LogP) is 1.69. The third kappa shape index (κ3) is 5.06. The highest BCUT2D eigenvalue weighted by molar-refractivity contribution is 5.74. The first-order valence-corrected chi connectivity index (χ1v) is 8.66. The molecule has 0 bridgehead atoms. The topological polar surface area (TPSA) is 54.0 Å². The summed E-state index contributed by atoms with van der Waals surface area (Å²) < 4.78 is 11.5. The maximum absolute atomic E-state index is 12.5. The molecule has 2 saturated heterocycles. The summed E-state index contributed by atoms with van der Waals surface area (Å²) in [7, 11) is 0. The Balaban J connectivity index is 1.87. The second-order valence-electron chi connectivity index (χ2n) is 8.16. The largest absolute Gasteiger partial charge is 0.373 e. The Hall–Kier alpha value is -0.850. The highest BCUT2D eigenvalue weighted by Gasteiger charge is 2.35. The molecule has 0 spiro atoms. The molecule has 2 rings (SSSR count). The van der Waals surface area contributed by atoms with E-state index in [0.717, 1.165) is 13.1 Å². The zero-order valence-corrected chi connectivity index (χ0v) is 15.5. The minimum absolute atomic E-state index is 0.00352. The van der Waals surface area contributed by atoms with Crippen LogP contribution in [0.5, 0.6) is 0 Å². The molecule has 134 valence electrons. The number of morpholine rings is 2. The minimum Gasteiger partial charge on any atom is -0.373 e. The molecule has 2 aliphatic rings. The number of hydrogen-bond acceptors (Lipinski definition) is 4. The van der Waals surface area contributed by atoms with Crippen LogP contribution in [0.25, 0.3) is 0 Å². The number of amides is 2. The number of nitrogens with zero attached hydrogens (tertiary/aromatic N) is 2. The molecule has 23 heavy (non-hydrogen) atoms. The highest BCUT2D eigenvalue weighted by atomic mass is 16.5. The van der Waals surface area contributed by atoms with Crippen LogP contribution in [0, 0.1) is 0 Å². The molecule has 0 saturated carbocycles. The third-order valence-electron chi connectivity index (χ3n) is 4.66. The van der Waals surface area contributed by atoms with E-state index in [9.17, 15) is 4.79 Å². The molecule has 2 aliphatic heterocycles. The van der Waals surface area contributed by atoms with Gasteiger partial charge in [-0.15, -0.1) is 0 Å². The molecule has 0 radical (unpaired) electrons. The molecule has 2 fully saturated rings. The van der Waals surface area contributed by atoms with Crippen molar-refractivity contribution in [3.8, 4) is 0 Å². The summed E-state index contributed by atoms with van der Waals surface area (Å²) in [5.74, 6) is 0. The van der Waals surface area contributed by atoms with Gasteiger partial charge in [0, 0.05) is 31.7 Å². The van der Waals surface area contributed by atoms with E-state index in [-0.39, 0.29) is 29.4 Å². The normalized spacial score (nSPS) is 29.4. The summed E-state index contributed by atoms with van der Waals surface area (Å²) in [4.78, 5) is 16.7. The fraction of sp³-hybridized carbons (Fsp3) is 0.941. The molecule has 0 aromatic carbocycles. The summed E-state index contributed by atoms with van der Waals surface area (Å²) >= 11 is 0. The lowest BCUT2D eigenvalue weighted by atomic mass is 10.00. The van der Waals surface area contributed by atoms with Crippen molar-refractivity contribution in [2.24, 2.45) is 0 Å². The van der Waals surface area contributed by atoms with E-state index in [0.29, 0.717) is 26.2 Å². The first kappa shape index (κ1) is 18.5. The van der Waals surface area contributed by atoms with Crippen LogP contribution in [0.3, 0.4) is 0 Å². The van der Waals surface area contributed by atoms with Crippen molar-refractivity contribution in [3.63, 3.8) is 0 Å². The Morgan fingerprint density at radius 1 is 1.26 bits per heavy atom. The predicted molar refractivity (Wildman–Crippen MR) is 90.7 cm³/mol. The van der Waals surface area contributed by atoms with Crippen LogP contribution in [0.15, 0.2) is 0 Å². The van der Waals surface area contributed by atoms with Crippen molar-refractivity contribution in [2.75, 3.05) is 39.3 Å². The number of hydrogen-bond donors (Lipinski definition) is 1. The molecular formula is C17H33N3O3. The SMILES string of the molecule is CC1CN(C(C)(C)CNC(=O)N2CCOC(C)(C)C2)CC(C)O1. The van der Waals surface area contributed by atoms with Gasteiger partial charge in [-0.3, -0.25) is 4.90 Å². The maximum Gasteiger partial charge on any atom is 0.317 e. The van der Waals surface area contributed by atoms with Gasteiger partial charge in [-0.05, 0) is 41.5 Å². The lowest BCUT2D eigenvalue weighted by Crippen LogP contribution is -2.60. The molecule has 1 N–H and O–H groups in total. The third-order valence-corrected chi connectivity index (χ3v) is 4.66. The van der Waals surface area contributed by atoms with E-state index in [2.05, 4.69) is 37.9 Å². The van der Waals surface area contributed by atoms with Crippen molar-refractivity contribution in [3.05, 3.63) is 0 Å². The Kier molecular flexibility index (Phi) is 5.59. The molecule has 6 heteroatoms. The second-order valence-corrected chi connectivity index (χ2v) is 8.16. The molecule has 0 aromatic rings. The van der Waals surface area contributed by atoms with Crippen LogP contribution in [0.4, 0.5) is 4.79 Å². The van der Waals surface area contributed by atoms with E-state index in [4.69, 9.17) is 9.47 Å². The molecular weight excluding hydrogens is 294 g/mol. The molecule has 6 nitrogen and oxygen atoms in total. The van der Waals surface area contributed by atoms with Gasteiger partial charge in [-0.2, -0.15) is 0 Å². The number of nitrogens with one attached hydrogen (secondary N) is 1. The molecule has 2 unspecified atom stereocenters. The van der Waals surface area contributed by atoms with Gasteiger partial charge in [-0.25, -0.2) is 4.79 Å². The molecule has 0 aliphatic carbocycles. The van der Waals surface area contributed by atoms with E-state index >= 15 is 0 Å². The van der Waals surface area contributed by atoms with Crippen LogP contribution in [-0.4, -0.2) is 78.5 Å². The van der Waals surface area contributed by atoms with Gasteiger partial charge in [0.1, 0.15) is 0 Å². The molecule has 2 atom stereocenters. The van der Waals surface area contributed by atoms with Gasteiger partial charge in [0.25, 0.3) is 0 Å². The Morgan fingerprint density at radius 3 is 2.43 bits per heavy atom. The van der Waals surface area contributed by atoms with Gasteiger partial charge in [0.05, 0.1) is 31.0 Å². The Bertz CT molecular complexity index is 415. The minimum atomic E-state index is -0.264. The molecule has 2 heterocycles. The first-order valence-electron chi connectivity index (χ1n) is 8.66. The zero-order valence-electron chi connectivity index (χ0n) is 15.5. The van der Waals surface area contributed by atoms with Crippen LogP contribution < -0.4 is 5.32 Å². The van der Waals surface area contributed by atoms with Gasteiger partial charge in [0.2, 0.25) is 0 Å². The Morgan fingerprint density at radius 2 is 1.87 bits per heavy atom. The van der Waals surface area contributed by atoms with Crippen molar-refractivity contribution >= 4 is 6.03 Å². The summed E-state index contributed by atoms with van der Waals surface area (Å²) in [6, 6.07) is 0.00352. The zero-order chi connectivity index (χ0) is 17.3. The van der Waals surface area contributed by atoms with Crippen LogP contribution in [0.1, 0.15) is 41.5 Å². The van der Waals surface area contributed by atoms with Gasteiger partial charge >= 0.3 is 6.03 Å². The van der Waals surface area contributed by atoms with E-state index < -0.39 is 0 Å². The van der Waals surface area contributed by atoms with Gasteiger partial charge in [-0.1, -0.05) is 0 Å². The average Bonchev–Trinajstić information content (AvgIpc) is 2.42. The quantitative estimate of drug-likeness (QED) is 0.857. The molecule has 2 amide bonds. The number of carbonyl (C=O) groups is 1. The summed E-state index contributed by atoms with van der Waals surface area (Å²) in [6.45, 7) is 16.9. The standard InChI is InChI=1S/C17H33N3O3/c1-13-9-20(10-14(2)23-13)16(3,4)11-18-15(21)19-7-8-22-17(5,6)12-19/h13-14H,7-12H2,1-6H3,(H,18,21). The Labute approximate surface area is 140 Å². The average molecular weight is 327 g/mol.